The molecule has 7 heteroatoms. The van der Waals surface area contributed by atoms with Crippen LogP contribution in [0, 0.1) is 0 Å². The van der Waals surface area contributed by atoms with Crippen LogP contribution in [0.4, 0.5) is 5.82 Å². The Morgan fingerprint density at radius 1 is 1.33 bits per heavy atom. The summed E-state index contributed by atoms with van der Waals surface area (Å²) in [7, 11) is 0. The fraction of sp³-hybridized carbons (Fsp3) is 0.143. The zero-order valence-corrected chi connectivity index (χ0v) is 13.1. The summed E-state index contributed by atoms with van der Waals surface area (Å²) in [5.74, 6) is 0.421. The largest absolute Gasteiger partial charge is 0.309 e. The molecule has 1 aromatic carbocycles. The molecule has 2 aromatic rings. The highest BCUT2D eigenvalue weighted by atomic mass is 35.5. The highest BCUT2D eigenvalue weighted by Gasteiger charge is 2.14. The number of rotatable bonds is 3. The molecule has 1 aromatic heterocycles. The van der Waals surface area contributed by atoms with Gasteiger partial charge in [-0.3, -0.25) is 4.79 Å². The van der Waals surface area contributed by atoms with Gasteiger partial charge >= 0.3 is 0 Å². The maximum atomic E-state index is 12.0. The molecule has 21 heavy (non-hydrogen) atoms. The first-order valence-electron chi connectivity index (χ1n) is 6.25. The molecular weight excluding hydrogens is 329 g/mol. The average molecular weight is 340 g/mol. The van der Waals surface area contributed by atoms with Gasteiger partial charge < -0.3 is 10.6 Å². The molecule has 0 fully saturated rings. The molecular formula is C14H11Cl2N3OS. The van der Waals surface area contributed by atoms with E-state index in [9.17, 15) is 4.79 Å². The molecule has 2 heterocycles. The summed E-state index contributed by atoms with van der Waals surface area (Å²) < 4.78 is 0. The molecule has 0 saturated heterocycles. The van der Waals surface area contributed by atoms with Gasteiger partial charge in [0, 0.05) is 29.6 Å². The Kier molecular flexibility index (Phi) is 4.26. The van der Waals surface area contributed by atoms with E-state index in [1.807, 2.05) is 12.1 Å². The summed E-state index contributed by atoms with van der Waals surface area (Å²) >= 11 is 13.3. The Labute approximate surface area is 135 Å². The quantitative estimate of drug-likeness (QED) is 0.898. The topological polar surface area (TPSA) is 54.0 Å². The van der Waals surface area contributed by atoms with Crippen LogP contribution in [0.25, 0.3) is 10.6 Å². The highest BCUT2D eigenvalue weighted by Crippen LogP contribution is 2.31. The van der Waals surface area contributed by atoms with Crippen LogP contribution in [0.5, 0.6) is 0 Å². The van der Waals surface area contributed by atoms with E-state index in [4.69, 9.17) is 23.2 Å². The van der Waals surface area contributed by atoms with E-state index >= 15 is 0 Å². The van der Waals surface area contributed by atoms with Gasteiger partial charge in [-0.25, -0.2) is 4.98 Å². The van der Waals surface area contributed by atoms with E-state index in [1.165, 1.54) is 11.3 Å². The van der Waals surface area contributed by atoms with Gasteiger partial charge in [-0.15, -0.1) is 11.3 Å². The maximum Gasteiger partial charge on any atom is 0.253 e. The highest BCUT2D eigenvalue weighted by molar-refractivity contribution is 7.13. The van der Waals surface area contributed by atoms with Crippen molar-refractivity contribution in [3.8, 4) is 10.6 Å². The summed E-state index contributed by atoms with van der Waals surface area (Å²) in [6.07, 6.45) is 1.88. The Hall–Kier alpha value is -1.40. The molecule has 0 atom stereocenters. The number of nitrogens with zero attached hydrogens (tertiary/aromatic N) is 1. The van der Waals surface area contributed by atoms with E-state index in [2.05, 4.69) is 15.6 Å². The number of amides is 1. The number of hydrogen-bond donors (Lipinski definition) is 2. The van der Waals surface area contributed by atoms with Crippen LogP contribution in [0.15, 0.2) is 35.2 Å². The molecule has 0 saturated carbocycles. The van der Waals surface area contributed by atoms with Crippen LogP contribution in [0.3, 0.4) is 0 Å². The number of hydrogen-bond acceptors (Lipinski definition) is 4. The Bertz CT molecular complexity index is 727. The molecule has 0 spiro atoms. The minimum atomic E-state index is -0.119. The zero-order valence-electron chi connectivity index (χ0n) is 10.8. The van der Waals surface area contributed by atoms with Gasteiger partial charge in [0.2, 0.25) is 0 Å². The molecule has 4 nitrogen and oxygen atoms in total. The molecule has 0 aliphatic carbocycles. The number of halogens is 2. The number of carbonyl (C=O) groups excluding carboxylic acids is 1. The van der Waals surface area contributed by atoms with Crippen molar-refractivity contribution < 1.29 is 4.79 Å². The maximum absolute atomic E-state index is 12.0. The number of anilines is 1. The van der Waals surface area contributed by atoms with Crippen molar-refractivity contribution >= 4 is 46.3 Å². The van der Waals surface area contributed by atoms with Gasteiger partial charge in [0.25, 0.3) is 5.91 Å². The number of thiazole rings is 1. The lowest BCUT2D eigenvalue weighted by molar-refractivity contribution is -0.112. The van der Waals surface area contributed by atoms with Crippen molar-refractivity contribution in [1.29, 1.82) is 0 Å². The summed E-state index contributed by atoms with van der Waals surface area (Å²) in [5.41, 5.74) is 1.61. The molecule has 1 aliphatic rings. The van der Waals surface area contributed by atoms with Crippen molar-refractivity contribution in [2.24, 2.45) is 0 Å². The summed E-state index contributed by atoms with van der Waals surface area (Å²) in [5, 5.41) is 9.45. The van der Waals surface area contributed by atoms with Crippen molar-refractivity contribution in [2.45, 2.75) is 0 Å². The number of carbonyl (C=O) groups is 1. The second-order valence-electron chi connectivity index (χ2n) is 4.48. The molecule has 0 bridgehead atoms. The Morgan fingerprint density at radius 3 is 2.90 bits per heavy atom. The second kappa shape index (κ2) is 6.15. The first-order chi connectivity index (χ1) is 10.1. The number of benzene rings is 1. The summed E-state index contributed by atoms with van der Waals surface area (Å²) in [6, 6.07) is 5.34. The van der Waals surface area contributed by atoms with Crippen LogP contribution in [0.2, 0.25) is 10.0 Å². The predicted molar refractivity (Wildman–Crippen MR) is 87.2 cm³/mol. The lowest BCUT2D eigenvalue weighted by atomic mass is 10.2. The molecule has 1 aliphatic heterocycles. The van der Waals surface area contributed by atoms with Crippen molar-refractivity contribution in [1.82, 2.24) is 10.3 Å². The van der Waals surface area contributed by atoms with Gasteiger partial charge in [0.05, 0.1) is 10.0 Å². The van der Waals surface area contributed by atoms with Gasteiger partial charge in [-0.2, -0.15) is 0 Å². The molecule has 2 N–H and O–H groups in total. The van der Waals surface area contributed by atoms with Crippen LogP contribution in [0.1, 0.15) is 0 Å². The van der Waals surface area contributed by atoms with E-state index in [1.54, 1.807) is 17.5 Å². The van der Waals surface area contributed by atoms with Crippen LogP contribution in [-0.2, 0) is 4.79 Å². The zero-order chi connectivity index (χ0) is 14.8. The van der Waals surface area contributed by atoms with Crippen LogP contribution < -0.4 is 10.6 Å². The molecule has 108 valence electrons. The van der Waals surface area contributed by atoms with Crippen molar-refractivity contribution in [3.05, 3.63) is 45.3 Å². The molecule has 1 amide bonds. The molecule has 0 unspecified atom stereocenters. The number of aromatic nitrogens is 1. The normalized spacial score (nSPS) is 14.1. The standard InChI is InChI=1S/C14H11Cl2N3OS/c15-10-2-1-8(5-11(10)16)14-19-12(7-21-14)18-13(20)9-3-4-17-6-9/h1-3,5,7,17H,4,6H2,(H,18,20). The predicted octanol–water partition coefficient (Wildman–Crippen LogP) is 3.59. The Morgan fingerprint density at radius 2 is 2.19 bits per heavy atom. The van der Waals surface area contributed by atoms with E-state index in [0.717, 1.165) is 22.7 Å². The van der Waals surface area contributed by atoms with Crippen LogP contribution in [-0.4, -0.2) is 24.0 Å². The fourth-order valence-electron chi connectivity index (χ4n) is 1.94. The summed E-state index contributed by atoms with van der Waals surface area (Å²) in [4.78, 5) is 16.4. The monoisotopic (exact) mass is 339 g/mol. The van der Waals surface area contributed by atoms with E-state index in [0.29, 0.717) is 22.4 Å². The fourth-order valence-corrected chi connectivity index (χ4v) is 2.98. The SMILES string of the molecule is O=C(Nc1csc(-c2ccc(Cl)c(Cl)c2)n1)C1=CCNC1. The van der Waals surface area contributed by atoms with Crippen molar-refractivity contribution in [3.63, 3.8) is 0 Å². The lowest BCUT2D eigenvalue weighted by Crippen LogP contribution is -2.18. The third-order valence-electron chi connectivity index (χ3n) is 3.01. The second-order valence-corrected chi connectivity index (χ2v) is 6.15. The van der Waals surface area contributed by atoms with Gasteiger partial charge in [0.15, 0.2) is 0 Å². The molecule has 0 radical (unpaired) electrons. The summed E-state index contributed by atoms with van der Waals surface area (Å²) in [6.45, 7) is 1.32. The smallest absolute Gasteiger partial charge is 0.253 e. The number of nitrogens with one attached hydrogen (secondary N) is 2. The van der Waals surface area contributed by atoms with Crippen molar-refractivity contribution in [2.75, 3.05) is 18.4 Å². The molecule has 3 rings (SSSR count). The average Bonchev–Trinajstić information content (AvgIpc) is 3.12. The van der Waals surface area contributed by atoms with Gasteiger partial charge in [0.1, 0.15) is 10.8 Å². The first-order valence-corrected chi connectivity index (χ1v) is 7.89. The lowest BCUT2D eigenvalue weighted by Gasteiger charge is -2.02. The van der Waals surface area contributed by atoms with E-state index in [-0.39, 0.29) is 5.91 Å². The third-order valence-corrected chi connectivity index (χ3v) is 4.64. The minimum absolute atomic E-state index is 0.119. The van der Waals surface area contributed by atoms with E-state index < -0.39 is 0 Å². The minimum Gasteiger partial charge on any atom is -0.309 e. The first kappa shape index (κ1) is 14.5. The third kappa shape index (κ3) is 3.27. The van der Waals surface area contributed by atoms with Gasteiger partial charge in [-0.1, -0.05) is 35.3 Å². The Balaban J connectivity index is 1.76. The van der Waals surface area contributed by atoms with Gasteiger partial charge in [-0.05, 0) is 12.1 Å². The van der Waals surface area contributed by atoms with Crippen LogP contribution >= 0.6 is 34.5 Å².